The van der Waals surface area contributed by atoms with E-state index < -0.39 is 28.7 Å². The SMILES string of the molecule is O=S(=O)(c1ccc(OC[C@@H](O)CO)cc1)c1ccc(OC[C@@H](O)CCl)cc1. The van der Waals surface area contributed by atoms with E-state index in [4.69, 9.17) is 26.2 Å². The van der Waals surface area contributed by atoms with Gasteiger partial charge in [-0.25, -0.2) is 8.42 Å². The summed E-state index contributed by atoms with van der Waals surface area (Å²) in [6.45, 7) is -0.498. The Balaban J connectivity index is 2.06. The van der Waals surface area contributed by atoms with Crippen LogP contribution in [0.15, 0.2) is 58.3 Å². The predicted octanol–water partition coefficient (Wildman–Crippen LogP) is 1.23. The topological polar surface area (TPSA) is 113 Å². The summed E-state index contributed by atoms with van der Waals surface area (Å²) in [6, 6.07) is 11.6. The summed E-state index contributed by atoms with van der Waals surface area (Å²) in [5.74, 6) is 0.845. The lowest BCUT2D eigenvalue weighted by Crippen LogP contribution is -2.21. The molecule has 0 unspecified atom stereocenters. The molecule has 0 spiro atoms. The molecule has 148 valence electrons. The Labute approximate surface area is 162 Å². The first-order valence-electron chi connectivity index (χ1n) is 8.10. The van der Waals surface area contributed by atoms with Gasteiger partial charge in [-0.05, 0) is 48.5 Å². The number of ether oxygens (including phenoxy) is 2. The Morgan fingerprint density at radius 2 is 1.22 bits per heavy atom. The summed E-state index contributed by atoms with van der Waals surface area (Å²) in [5.41, 5.74) is 0. The van der Waals surface area contributed by atoms with Crippen LogP contribution in [0.1, 0.15) is 0 Å². The molecule has 0 amide bonds. The van der Waals surface area contributed by atoms with Crippen molar-refractivity contribution in [2.45, 2.75) is 22.0 Å². The zero-order valence-electron chi connectivity index (χ0n) is 14.4. The molecule has 27 heavy (non-hydrogen) atoms. The van der Waals surface area contributed by atoms with E-state index in [1.807, 2.05) is 0 Å². The third kappa shape index (κ3) is 6.08. The fourth-order valence-corrected chi connectivity index (χ4v) is 3.40. The van der Waals surface area contributed by atoms with Gasteiger partial charge >= 0.3 is 0 Å². The number of halogens is 1. The number of aliphatic hydroxyl groups is 3. The quantitative estimate of drug-likeness (QED) is 0.499. The van der Waals surface area contributed by atoms with E-state index in [1.165, 1.54) is 48.5 Å². The van der Waals surface area contributed by atoms with Gasteiger partial charge in [-0.15, -0.1) is 11.6 Å². The van der Waals surface area contributed by atoms with Crippen molar-refractivity contribution >= 4 is 21.4 Å². The van der Waals surface area contributed by atoms with Crippen molar-refractivity contribution < 1.29 is 33.2 Å². The molecule has 2 aromatic rings. The van der Waals surface area contributed by atoms with Gasteiger partial charge in [0.15, 0.2) is 0 Å². The highest BCUT2D eigenvalue weighted by atomic mass is 35.5. The number of hydrogen-bond donors (Lipinski definition) is 3. The van der Waals surface area contributed by atoms with Crippen LogP contribution in [0.3, 0.4) is 0 Å². The highest BCUT2D eigenvalue weighted by Gasteiger charge is 2.18. The number of alkyl halides is 1. The van der Waals surface area contributed by atoms with Crippen molar-refractivity contribution in [3.63, 3.8) is 0 Å². The fourth-order valence-electron chi connectivity index (χ4n) is 2.05. The highest BCUT2D eigenvalue weighted by Crippen LogP contribution is 2.25. The Morgan fingerprint density at radius 3 is 1.59 bits per heavy atom. The van der Waals surface area contributed by atoms with Crippen molar-refractivity contribution in [2.24, 2.45) is 0 Å². The smallest absolute Gasteiger partial charge is 0.206 e. The second-order valence-electron chi connectivity index (χ2n) is 5.71. The molecule has 9 heteroatoms. The molecule has 0 saturated carbocycles. The van der Waals surface area contributed by atoms with E-state index in [1.54, 1.807) is 0 Å². The van der Waals surface area contributed by atoms with Crippen LogP contribution in [-0.4, -0.2) is 61.6 Å². The summed E-state index contributed by atoms with van der Waals surface area (Å²) >= 11 is 5.48. The molecule has 7 nitrogen and oxygen atoms in total. The summed E-state index contributed by atoms with van der Waals surface area (Å²) in [6.07, 6.45) is -1.80. The van der Waals surface area contributed by atoms with Crippen LogP contribution in [-0.2, 0) is 9.84 Å². The van der Waals surface area contributed by atoms with Gasteiger partial charge in [-0.2, -0.15) is 0 Å². The van der Waals surface area contributed by atoms with Gasteiger partial charge in [0.05, 0.1) is 22.3 Å². The zero-order valence-corrected chi connectivity index (χ0v) is 15.9. The number of benzene rings is 2. The molecule has 0 aliphatic heterocycles. The van der Waals surface area contributed by atoms with E-state index >= 15 is 0 Å². The normalized spacial score (nSPS) is 13.8. The second kappa shape index (κ2) is 9.91. The molecule has 0 aliphatic rings. The molecule has 2 atom stereocenters. The third-order valence-corrected chi connectivity index (χ3v) is 5.68. The van der Waals surface area contributed by atoms with Gasteiger partial charge in [-0.1, -0.05) is 0 Å². The standard InChI is InChI=1S/C18H21ClO7S/c19-9-13(21)11-25-15-1-5-17(6-2-15)27(23,24)18-7-3-16(4-8-18)26-12-14(22)10-20/h1-8,13-14,20-22H,9-12H2/t13-,14-/m0/s1. The van der Waals surface area contributed by atoms with Crippen molar-refractivity contribution in [1.29, 1.82) is 0 Å². The van der Waals surface area contributed by atoms with E-state index in [0.717, 1.165) is 0 Å². The maximum absolute atomic E-state index is 12.7. The van der Waals surface area contributed by atoms with Gasteiger partial charge in [-0.3, -0.25) is 0 Å². The van der Waals surface area contributed by atoms with Gasteiger partial charge in [0, 0.05) is 0 Å². The molecule has 2 rings (SSSR count). The van der Waals surface area contributed by atoms with Crippen molar-refractivity contribution in [3.05, 3.63) is 48.5 Å². The molecule has 3 N–H and O–H groups in total. The van der Waals surface area contributed by atoms with Crippen molar-refractivity contribution in [3.8, 4) is 11.5 Å². The Morgan fingerprint density at radius 1 is 0.815 bits per heavy atom. The Bertz CT molecular complexity index is 743. The average molecular weight is 417 g/mol. The molecule has 2 aromatic carbocycles. The molecule has 0 fully saturated rings. The monoisotopic (exact) mass is 416 g/mol. The van der Waals surface area contributed by atoms with Gasteiger partial charge in [0.25, 0.3) is 0 Å². The first-order valence-corrected chi connectivity index (χ1v) is 10.1. The van der Waals surface area contributed by atoms with Crippen LogP contribution in [0.5, 0.6) is 11.5 Å². The average Bonchev–Trinajstić information content (AvgIpc) is 2.70. The fraction of sp³-hybridized carbons (Fsp3) is 0.333. The molecular formula is C18H21ClO7S. The highest BCUT2D eigenvalue weighted by molar-refractivity contribution is 7.91. The maximum atomic E-state index is 12.7. The second-order valence-corrected chi connectivity index (χ2v) is 7.97. The molecule has 0 aliphatic carbocycles. The molecule has 0 bridgehead atoms. The lowest BCUT2D eigenvalue weighted by molar-refractivity contribution is 0.0536. The lowest BCUT2D eigenvalue weighted by atomic mass is 10.3. The summed E-state index contributed by atoms with van der Waals surface area (Å²) in [4.78, 5) is 0.181. The number of rotatable bonds is 10. The minimum absolute atomic E-state index is 0.0159. The van der Waals surface area contributed by atoms with E-state index in [-0.39, 0.29) is 28.9 Å². The number of sulfone groups is 1. The first-order chi connectivity index (χ1) is 12.9. The lowest BCUT2D eigenvalue weighted by Gasteiger charge is -2.11. The van der Waals surface area contributed by atoms with Crippen LogP contribution < -0.4 is 9.47 Å². The van der Waals surface area contributed by atoms with Crippen LogP contribution in [0.25, 0.3) is 0 Å². The summed E-state index contributed by atoms with van der Waals surface area (Å²) in [7, 11) is -3.72. The maximum Gasteiger partial charge on any atom is 0.206 e. The minimum atomic E-state index is -3.72. The zero-order chi connectivity index (χ0) is 19.9. The summed E-state index contributed by atoms with van der Waals surface area (Å²) < 4.78 is 35.9. The minimum Gasteiger partial charge on any atom is -0.491 e. The van der Waals surface area contributed by atoms with Crippen molar-refractivity contribution in [1.82, 2.24) is 0 Å². The van der Waals surface area contributed by atoms with E-state index in [2.05, 4.69) is 0 Å². The number of aliphatic hydroxyl groups excluding tert-OH is 3. The Kier molecular flexibility index (Phi) is 7.88. The van der Waals surface area contributed by atoms with E-state index in [9.17, 15) is 18.6 Å². The molecule has 0 radical (unpaired) electrons. The van der Waals surface area contributed by atoms with E-state index in [0.29, 0.717) is 11.5 Å². The molecule has 0 heterocycles. The molecular weight excluding hydrogens is 396 g/mol. The Hall–Kier alpha value is -1.84. The van der Waals surface area contributed by atoms with Gasteiger partial charge in [0.2, 0.25) is 9.84 Å². The molecule has 0 aromatic heterocycles. The van der Waals surface area contributed by atoms with Crippen molar-refractivity contribution in [2.75, 3.05) is 25.7 Å². The summed E-state index contributed by atoms with van der Waals surface area (Å²) in [5, 5.41) is 27.4. The number of hydrogen-bond acceptors (Lipinski definition) is 7. The van der Waals surface area contributed by atoms with Crippen LogP contribution >= 0.6 is 11.6 Å². The molecule has 0 saturated heterocycles. The van der Waals surface area contributed by atoms with Crippen LogP contribution in [0, 0.1) is 0 Å². The largest absolute Gasteiger partial charge is 0.491 e. The van der Waals surface area contributed by atoms with Crippen LogP contribution in [0.2, 0.25) is 0 Å². The van der Waals surface area contributed by atoms with Crippen LogP contribution in [0.4, 0.5) is 0 Å². The first kappa shape index (κ1) is 21.5. The van der Waals surface area contributed by atoms with Gasteiger partial charge < -0.3 is 24.8 Å². The van der Waals surface area contributed by atoms with Gasteiger partial charge in [0.1, 0.15) is 36.9 Å². The third-order valence-electron chi connectivity index (χ3n) is 3.54. The predicted molar refractivity (Wildman–Crippen MR) is 99.1 cm³/mol.